The van der Waals surface area contributed by atoms with Gasteiger partial charge in [-0.1, -0.05) is 41.6 Å². The summed E-state index contributed by atoms with van der Waals surface area (Å²) in [5.41, 5.74) is 7.66. The zero-order valence-corrected chi connectivity index (χ0v) is 11.6. The van der Waals surface area contributed by atoms with Gasteiger partial charge in [0.2, 0.25) is 0 Å². The minimum absolute atomic E-state index is 0.418. The molecule has 3 N–H and O–H groups in total. The van der Waals surface area contributed by atoms with Gasteiger partial charge in [-0.25, -0.2) is 4.98 Å². The van der Waals surface area contributed by atoms with E-state index in [1.54, 1.807) is 6.20 Å². The number of halogens is 1. The third kappa shape index (κ3) is 2.47. The van der Waals surface area contributed by atoms with Gasteiger partial charge < -0.3 is 10.7 Å². The van der Waals surface area contributed by atoms with Crippen molar-refractivity contribution >= 4 is 34.3 Å². The van der Waals surface area contributed by atoms with Crippen molar-refractivity contribution in [3.05, 3.63) is 53.2 Å². The number of pyridine rings is 1. The van der Waals surface area contributed by atoms with Crippen LogP contribution >= 0.6 is 23.4 Å². The second kappa shape index (κ2) is 5.25. The standard InChI is InChI=1S/C14H12ClN3S/c15-13-10(8-16)5-6-17-14(13)19-12-7-9-3-1-2-4-11(9)18-12/h1-7,18H,8,16H2. The Labute approximate surface area is 120 Å². The molecule has 0 spiro atoms. The second-order valence-corrected chi connectivity index (χ2v) is 5.52. The predicted molar refractivity (Wildman–Crippen MR) is 79.6 cm³/mol. The Hall–Kier alpha value is -1.49. The molecule has 0 bridgehead atoms. The van der Waals surface area contributed by atoms with Crippen LogP contribution in [0.3, 0.4) is 0 Å². The Morgan fingerprint density at radius 1 is 1.26 bits per heavy atom. The first-order valence-electron chi connectivity index (χ1n) is 5.87. The highest BCUT2D eigenvalue weighted by Gasteiger charge is 2.09. The molecule has 3 rings (SSSR count). The van der Waals surface area contributed by atoms with Crippen molar-refractivity contribution in [1.82, 2.24) is 9.97 Å². The van der Waals surface area contributed by atoms with Crippen LogP contribution in [0, 0.1) is 0 Å². The van der Waals surface area contributed by atoms with Crippen LogP contribution in [0.2, 0.25) is 5.02 Å². The van der Waals surface area contributed by atoms with Gasteiger partial charge >= 0.3 is 0 Å². The Kier molecular flexibility index (Phi) is 3.46. The van der Waals surface area contributed by atoms with E-state index in [9.17, 15) is 0 Å². The van der Waals surface area contributed by atoms with Crippen molar-refractivity contribution in [3.63, 3.8) is 0 Å². The minimum Gasteiger partial charge on any atom is -0.349 e. The van der Waals surface area contributed by atoms with Gasteiger partial charge in [-0.15, -0.1) is 0 Å². The molecule has 2 heterocycles. The van der Waals surface area contributed by atoms with Gasteiger partial charge in [0.25, 0.3) is 0 Å². The highest BCUT2D eigenvalue weighted by Crippen LogP contribution is 2.34. The quantitative estimate of drug-likeness (QED) is 0.770. The van der Waals surface area contributed by atoms with E-state index in [2.05, 4.69) is 22.1 Å². The average molecular weight is 290 g/mol. The molecule has 0 radical (unpaired) electrons. The maximum Gasteiger partial charge on any atom is 0.121 e. The number of H-pyrrole nitrogens is 1. The topological polar surface area (TPSA) is 54.7 Å². The van der Waals surface area contributed by atoms with Crippen LogP contribution in [0.1, 0.15) is 5.56 Å². The fourth-order valence-electron chi connectivity index (χ4n) is 1.90. The van der Waals surface area contributed by atoms with E-state index in [1.807, 2.05) is 24.3 Å². The summed E-state index contributed by atoms with van der Waals surface area (Å²) in [5.74, 6) is 0. The summed E-state index contributed by atoms with van der Waals surface area (Å²) < 4.78 is 0. The molecule has 0 saturated carbocycles. The highest BCUT2D eigenvalue weighted by molar-refractivity contribution is 7.99. The first-order chi connectivity index (χ1) is 9.28. The molecule has 1 aromatic carbocycles. The number of benzene rings is 1. The molecular weight excluding hydrogens is 278 g/mol. The van der Waals surface area contributed by atoms with Crippen molar-refractivity contribution < 1.29 is 0 Å². The molecule has 0 amide bonds. The fourth-order valence-corrected chi connectivity index (χ4v) is 3.09. The summed E-state index contributed by atoms with van der Waals surface area (Å²) in [7, 11) is 0. The number of nitrogens with two attached hydrogens (primary N) is 1. The lowest BCUT2D eigenvalue weighted by Crippen LogP contribution is -1.98. The normalized spacial score (nSPS) is 11.1. The summed E-state index contributed by atoms with van der Waals surface area (Å²) in [5, 5.41) is 3.60. The van der Waals surface area contributed by atoms with E-state index in [4.69, 9.17) is 17.3 Å². The number of fused-ring (bicyclic) bond motifs is 1. The zero-order chi connectivity index (χ0) is 13.2. The van der Waals surface area contributed by atoms with Crippen LogP contribution in [-0.2, 0) is 6.54 Å². The van der Waals surface area contributed by atoms with Crippen LogP contribution in [0.4, 0.5) is 0 Å². The lowest BCUT2D eigenvalue weighted by Gasteiger charge is -2.05. The Morgan fingerprint density at radius 2 is 2.11 bits per heavy atom. The maximum absolute atomic E-state index is 6.28. The summed E-state index contributed by atoms with van der Waals surface area (Å²) in [6.07, 6.45) is 1.74. The molecule has 19 heavy (non-hydrogen) atoms. The summed E-state index contributed by atoms with van der Waals surface area (Å²) >= 11 is 7.80. The molecule has 5 heteroatoms. The van der Waals surface area contributed by atoms with Crippen molar-refractivity contribution in [1.29, 1.82) is 0 Å². The first-order valence-corrected chi connectivity index (χ1v) is 7.06. The van der Waals surface area contributed by atoms with Gasteiger partial charge in [0, 0.05) is 23.6 Å². The van der Waals surface area contributed by atoms with E-state index in [1.165, 1.54) is 17.1 Å². The third-order valence-corrected chi connectivity index (χ3v) is 4.35. The molecule has 3 nitrogen and oxygen atoms in total. The molecular formula is C14H12ClN3S. The molecule has 0 unspecified atom stereocenters. The van der Waals surface area contributed by atoms with Crippen LogP contribution in [0.15, 0.2) is 52.6 Å². The van der Waals surface area contributed by atoms with Gasteiger partial charge in [-0.2, -0.15) is 0 Å². The smallest absolute Gasteiger partial charge is 0.121 e. The first kappa shape index (κ1) is 12.5. The molecule has 2 aromatic heterocycles. The monoisotopic (exact) mass is 289 g/mol. The molecule has 0 aliphatic heterocycles. The SMILES string of the molecule is NCc1ccnc(Sc2cc3ccccc3[nH]2)c1Cl. The molecule has 3 aromatic rings. The van der Waals surface area contributed by atoms with Crippen molar-refractivity contribution in [2.45, 2.75) is 16.6 Å². The van der Waals surface area contributed by atoms with Crippen LogP contribution < -0.4 is 5.73 Å². The zero-order valence-electron chi connectivity index (χ0n) is 10.1. The summed E-state index contributed by atoms with van der Waals surface area (Å²) in [4.78, 5) is 7.65. The number of nitrogens with one attached hydrogen (secondary N) is 1. The van der Waals surface area contributed by atoms with Gasteiger partial charge in [-0.3, -0.25) is 0 Å². The predicted octanol–water partition coefficient (Wildman–Crippen LogP) is 3.83. The molecule has 96 valence electrons. The molecule has 0 atom stereocenters. The van der Waals surface area contributed by atoms with E-state index < -0.39 is 0 Å². The van der Waals surface area contributed by atoms with E-state index in [-0.39, 0.29) is 0 Å². The summed E-state index contributed by atoms with van der Waals surface area (Å²) in [6, 6.07) is 12.1. The highest BCUT2D eigenvalue weighted by atomic mass is 35.5. The van der Waals surface area contributed by atoms with Crippen molar-refractivity contribution in [2.24, 2.45) is 5.73 Å². The molecule has 0 aliphatic carbocycles. The second-order valence-electron chi connectivity index (χ2n) is 4.12. The minimum atomic E-state index is 0.418. The Bertz CT molecular complexity index is 691. The van der Waals surface area contributed by atoms with Gasteiger partial charge in [-0.05, 0) is 23.8 Å². The number of aromatic amines is 1. The lowest BCUT2D eigenvalue weighted by molar-refractivity contribution is 1.02. The molecule has 0 aliphatic rings. The Morgan fingerprint density at radius 3 is 2.89 bits per heavy atom. The maximum atomic E-state index is 6.28. The molecule has 0 saturated heterocycles. The van der Waals surface area contributed by atoms with E-state index in [0.717, 1.165) is 21.1 Å². The van der Waals surface area contributed by atoms with Crippen LogP contribution in [0.5, 0.6) is 0 Å². The average Bonchev–Trinajstić information content (AvgIpc) is 2.83. The number of para-hydroxylation sites is 1. The third-order valence-electron chi connectivity index (χ3n) is 2.87. The van der Waals surface area contributed by atoms with Crippen LogP contribution in [-0.4, -0.2) is 9.97 Å². The number of rotatable bonds is 3. The van der Waals surface area contributed by atoms with E-state index in [0.29, 0.717) is 11.6 Å². The van der Waals surface area contributed by atoms with Gasteiger partial charge in [0.1, 0.15) is 5.03 Å². The lowest BCUT2D eigenvalue weighted by atomic mass is 10.3. The van der Waals surface area contributed by atoms with Gasteiger partial charge in [0.05, 0.1) is 10.0 Å². The van der Waals surface area contributed by atoms with Crippen molar-refractivity contribution in [2.75, 3.05) is 0 Å². The summed E-state index contributed by atoms with van der Waals surface area (Å²) in [6.45, 7) is 0.418. The number of aromatic nitrogens is 2. The van der Waals surface area contributed by atoms with E-state index >= 15 is 0 Å². The number of hydrogen-bond donors (Lipinski definition) is 2. The largest absolute Gasteiger partial charge is 0.349 e. The van der Waals surface area contributed by atoms with Crippen molar-refractivity contribution in [3.8, 4) is 0 Å². The fraction of sp³-hybridized carbons (Fsp3) is 0.0714. The number of hydrogen-bond acceptors (Lipinski definition) is 3. The molecule has 0 fully saturated rings. The van der Waals surface area contributed by atoms with Crippen LogP contribution in [0.25, 0.3) is 10.9 Å². The van der Waals surface area contributed by atoms with Gasteiger partial charge in [0.15, 0.2) is 0 Å². The number of nitrogens with zero attached hydrogens (tertiary/aromatic N) is 1. The Balaban J connectivity index is 1.96.